The van der Waals surface area contributed by atoms with Crippen molar-refractivity contribution in [1.82, 2.24) is 4.90 Å². The third-order valence-corrected chi connectivity index (χ3v) is 4.21. The molecule has 2 unspecified atom stereocenters. The molecule has 2 rings (SSSR count). The summed E-state index contributed by atoms with van der Waals surface area (Å²) in [6, 6.07) is 4.09. The second kappa shape index (κ2) is 4.83. The van der Waals surface area contributed by atoms with Crippen LogP contribution in [-0.2, 0) is 6.54 Å². The molecule has 1 aliphatic rings. The van der Waals surface area contributed by atoms with E-state index in [4.69, 9.17) is 10.2 Å². The van der Waals surface area contributed by atoms with Gasteiger partial charge in [-0.2, -0.15) is 0 Å². The summed E-state index contributed by atoms with van der Waals surface area (Å²) in [6.07, 6.45) is 3.71. The number of hydrogen-bond acceptors (Lipinski definition) is 3. The fraction of sp³-hybridized carbons (Fsp3) is 0.714. The molecule has 2 N–H and O–H groups in total. The Bertz CT molecular complexity index is 374. The lowest BCUT2D eigenvalue weighted by atomic mass is 9.94. The Morgan fingerprint density at radius 2 is 2.29 bits per heavy atom. The highest BCUT2D eigenvalue weighted by Gasteiger charge is 2.39. The first-order chi connectivity index (χ1) is 8.05. The molecule has 0 bridgehead atoms. The molecule has 3 heteroatoms. The van der Waals surface area contributed by atoms with E-state index in [9.17, 15) is 0 Å². The van der Waals surface area contributed by atoms with Crippen LogP contribution in [0.25, 0.3) is 0 Å². The minimum Gasteiger partial charge on any atom is -0.465 e. The van der Waals surface area contributed by atoms with E-state index in [2.05, 4.69) is 24.9 Å². The second-order valence-corrected chi connectivity index (χ2v) is 5.64. The summed E-state index contributed by atoms with van der Waals surface area (Å²) in [5.74, 6) is 2.81. The molecule has 0 aliphatic heterocycles. The van der Waals surface area contributed by atoms with Gasteiger partial charge in [-0.3, -0.25) is 4.90 Å². The van der Waals surface area contributed by atoms with Gasteiger partial charge in [0.25, 0.3) is 0 Å². The number of aryl methyl sites for hydroxylation is 1. The zero-order valence-corrected chi connectivity index (χ0v) is 11.2. The molecule has 2 atom stereocenters. The third kappa shape index (κ3) is 2.55. The number of furan rings is 1. The molecular weight excluding hydrogens is 212 g/mol. The van der Waals surface area contributed by atoms with Crippen LogP contribution >= 0.6 is 0 Å². The molecule has 1 saturated carbocycles. The lowest BCUT2D eigenvalue weighted by Gasteiger charge is -2.37. The molecule has 1 heterocycles. The van der Waals surface area contributed by atoms with Crippen LogP contribution in [0.15, 0.2) is 16.5 Å². The average molecular weight is 236 g/mol. The first-order valence-corrected chi connectivity index (χ1v) is 6.52. The predicted octanol–water partition coefficient (Wildman–Crippen LogP) is 2.54. The maximum absolute atomic E-state index is 6.02. The summed E-state index contributed by atoms with van der Waals surface area (Å²) in [7, 11) is 2.17. The van der Waals surface area contributed by atoms with E-state index >= 15 is 0 Å². The monoisotopic (exact) mass is 236 g/mol. The van der Waals surface area contributed by atoms with Gasteiger partial charge in [0.1, 0.15) is 11.5 Å². The predicted molar refractivity (Wildman–Crippen MR) is 69.7 cm³/mol. The zero-order chi connectivity index (χ0) is 12.5. The largest absolute Gasteiger partial charge is 0.465 e. The first kappa shape index (κ1) is 12.7. The van der Waals surface area contributed by atoms with Gasteiger partial charge in [-0.15, -0.1) is 0 Å². The maximum Gasteiger partial charge on any atom is 0.118 e. The molecular formula is C14H24N2O. The molecule has 1 aromatic rings. The topological polar surface area (TPSA) is 42.4 Å². The van der Waals surface area contributed by atoms with E-state index in [1.54, 1.807) is 0 Å². The van der Waals surface area contributed by atoms with Crippen LogP contribution in [0.5, 0.6) is 0 Å². The Balaban J connectivity index is 2.05. The SMILES string of the molecule is Cc1ccc(CN(C)C2(CN)CCC(C)C2)o1. The highest BCUT2D eigenvalue weighted by atomic mass is 16.3. The summed E-state index contributed by atoms with van der Waals surface area (Å²) in [5.41, 5.74) is 6.20. The first-order valence-electron chi connectivity index (χ1n) is 6.52. The molecule has 1 fully saturated rings. The highest BCUT2D eigenvalue weighted by molar-refractivity contribution is 5.07. The molecule has 1 aromatic heterocycles. The van der Waals surface area contributed by atoms with E-state index in [1.165, 1.54) is 19.3 Å². The van der Waals surface area contributed by atoms with Crippen LogP contribution in [0, 0.1) is 12.8 Å². The fourth-order valence-corrected chi connectivity index (χ4v) is 3.03. The van der Waals surface area contributed by atoms with Crippen molar-refractivity contribution >= 4 is 0 Å². The van der Waals surface area contributed by atoms with Gasteiger partial charge in [0.05, 0.1) is 6.54 Å². The van der Waals surface area contributed by atoms with Crippen LogP contribution in [0.2, 0.25) is 0 Å². The normalized spacial score (nSPS) is 29.1. The molecule has 0 saturated heterocycles. The molecule has 0 amide bonds. The van der Waals surface area contributed by atoms with Crippen molar-refractivity contribution in [3.8, 4) is 0 Å². The van der Waals surface area contributed by atoms with Crippen LogP contribution < -0.4 is 5.73 Å². The molecule has 0 aromatic carbocycles. The third-order valence-electron chi connectivity index (χ3n) is 4.21. The standard InChI is InChI=1S/C14H24N2O/c1-11-6-7-14(8-11,10-15)16(3)9-13-5-4-12(2)17-13/h4-5,11H,6-10,15H2,1-3H3. The number of nitrogens with zero attached hydrogens (tertiary/aromatic N) is 1. The van der Waals surface area contributed by atoms with Gasteiger partial charge >= 0.3 is 0 Å². The summed E-state index contributed by atoms with van der Waals surface area (Å²) in [4.78, 5) is 2.38. The molecule has 0 radical (unpaired) electrons. The minimum atomic E-state index is 0.181. The Hall–Kier alpha value is -0.800. The van der Waals surface area contributed by atoms with E-state index in [0.717, 1.165) is 30.5 Å². The average Bonchev–Trinajstić information content (AvgIpc) is 2.86. The van der Waals surface area contributed by atoms with Crippen molar-refractivity contribution in [2.24, 2.45) is 11.7 Å². The lowest BCUT2D eigenvalue weighted by molar-refractivity contribution is 0.111. The smallest absolute Gasteiger partial charge is 0.118 e. The van der Waals surface area contributed by atoms with Crippen molar-refractivity contribution in [2.45, 2.75) is 45.2 Å². The van der Waals surface area contributed by atoms with Crippen molar-refractivity contribution < 1.29 is 4.42 Å². The Kier molecular flexibility index (Phi) is 3.59. The molecule has 1 aliphatic carbocycles. The van der Waals surface area contributed by atoms with Crippen LogP contribution in [-0.4, -0.2) is 24.0 Å². The van der Waals surface area contributed by atoms with Crippen LogP contribution in [0.3, 0.4) is 0 Å². The summed E-state index contributed by atoms with van der Waals surface area (Å²) in [6.45, 7) is 5.91. The quantitative estimate of drug-likeness (QED) is 0.873. The fourth-order valence-electron chi connectivity index (χ4n) is 3.03. The van der Waals surface area contributed by atoms with Gasteiger partial charge in [-0.25, -0.2) is 0 Å². The van der Waals surface area contributed by atoms with Crippen LogP contribution in [0.1, 0.15) is 37.7 Å². The summed E-state index contributed by atoms with van der Waals surface area (Å²) in [5, 5.41) is 0. The van der Waals surface area contributed by atoms with Gasteiger partial charge in [0.2, 0.25) is 0 Å². The number of rotatable bonds is 4. The van der Waals surface area contributed by atoms with Gasteiger partial charge in [-0.05, 0) is 51.3 Å². The number of hydrogen-bond donors (Lipinski definition) is 1. The van der Waals surface area contributed by atoms with Crippen molar-refractivity contribution in [1.29, 1.82) is 0 Å². The van der Waals surface area contributed by atoms with E-state index < -0.39 is 0 Å². The Labute approximate surface area is 104 Å². The van der Waals surface area contributed by atoms with Gasteiger partial charge in [0, 0.05) is 12.1 Å². The zero-order valence-electron chi connectivity index (χ0n) is 11.2. The molecule has 96 valence electrons. The van der Waals surface area contributed by atoms with Gasteiger partial charge in [-0.1, -0.05) is 6.92 Å². The minimum absolute atomic E-state index is 0.181. The summed E-state index contributed by atoms with van der Waals surface area (Å²) < 4.78 is 5.65. The Morgan fingerprint density at radius 1 is 1.53 bits per heavy atom. The van der Waals surface area contributed by atoms with Gasteiger partial charge < -0.3 is 10.2 Å². The van der Waals surface area contributed by atoms with E-state index in [1.807, 2.05) is 13.0 Å². The maximum atomic E-state index is 6.02. The Morgan fingerprint density at radius 3 is 2.76 bits per heavy atom. The number of nitrogens with two attached hydrogens (primary N) is 1. The number of likely N-dealkylation sites (N-methyl/N-ethyl adjacent to an activating group) is 1. The van der Waals surface area contributed by atoms with Crippen molar-refractivity contribution in [2.75, 3.05) is 13.6 Å². The highest BCUT2D eigenvalue weighted by Crippen LogP contribution is 2.38. The van der Waals surface area contributed by atoms with Gasteiger partial charge in [0.15, 0.2) is 0 Å². The van der Waals surface area contributed by atoms with E-state index in [0.29, 0.717) is 0 Å². The van der Waals surface area contributed by atoms with Crippen LogP contribution in [0.4, 0.5) is 0 Å². The molecule has 17 heavy (non-hydrogen) atoms. The lowest BCUT2D eigenvalue weighted by Crippen LogP contribution is -2.49. The second-order valence-electron chi connectivity index (χ2n) is 5.64. The molecule has 3 nitrogen and oxygen atoms in total. The molecule has 0 spiro atoms. The van der Waals surface area contributed by atoms with Crippen molar-refractivity contribution in [3.63, 3.8) is 0 Å². The van der Waals surface area contributed by atoms with E-state index in [-0.39, 0.29) is 5.54 Å². The summed E-state index contributed by atoms with van der Waals surface area (Å²) >= 11 is 0. The van der Waals surface area contributed by atoms with Crippen molar-refractivity contribution in [3.05, 3.63) is 23.7 Å².